The van der Waals surface area contributed by atoms with Crippen LogP contribution in [0.3, 0.4) is 0 Å². The molecule has 0 spiro atoms. The number of hydrogen-bond donors (Lipinski definition) is 0. The molecule has 5 heterocycles. The number of thiophene rings is 1. The number of nitrogens with zero attached hydrogens (tertiary/aromatic N) is 5. The van der Waals surface area contributed by atoms with Gasteiger partial charge >= 0.3 is 0 Å². The minimum absolute atomic E-state index is 0.106. The maximum absolute atomic E-state index is 14.0. The molecule has 1 fully saturated rings. The van der Waals surface area contributed by atoms with Gasteiger partial charge in [-0.3, -0.25) is 9.48 Å². The summed E-state index contributed by atoms with van der Waals surface area (Å²) >= 11 is 1.59. The Kier molecular flexibility index (Phi) is 6.27. The van der Waals surface area contributed by atoms with Gasteiger partial charge in [0, 0.05) is 52.5 Å². The third kappa shape index (κ3) is 4.04. The Morgan fingerprint density at radius 1 is 1.21 bits per heavy atom. The molecule has 0 N–H and O–H groups in total. The zero-order valence-corrected chi connectivity index (χ0v) is 24.0. The molecule has 2 aliphatic rings. The molecule has 39 heavy (non-hydrogen) atoms. The van der Waals surface area contributed by atoms with Crippen LogP contribution in [0.2, 0.25) is 0 Å². The minimum Gasteiger partial charge on any atom is -0.496 e. The van der Waals surface area contributed by atoms with Crippen molar-refractivity contribution in [2.45, 2.75) is 53.3 Å². The Balaban J connectivity index is 1.57. The highest BCUT2D eigenvalue weighted by atomic mass is 32.1. The largest absolute Gasteiger partial charge is 0.496 e. The van der Waals surface area contributed by atoms with Gasteiger partial charge in [-0.2, -0.15) is 21.5 Å². The zero-order valence-electron chi connectivity index (χ0n) is 23.2. The Morgan fingerprint density at radius 2 is 2.03 bits per heavy atom. The second kappa shape index (κ2) is 9.53. The average molecular weight is 548 g/mol. The van der Waals surface area contributed by atoms with E-state index >= 15 is 0 Å². The molecule has 6 rings (SSSR count). The number of hydrogen-bond acceptors (Lipinski definition) is 7. The molecule has 1 aromatic carbocycles. The lowest BCUT2D eigenvalue weighted by atomic mass is 9.94. The smallest absolute Gasteiger partial charge is 0.275 e. The Bertz CT molecular complexity index is 1570. The van der Waals surface area contributed by atoms with Crippen LogP contribution < -0.4 is 9.47 Å². The van der Waals surface area contributed by atoms with Gasteiger partial charge in [0.1, 0.15) is 18.1 Å². The van der Waals surface area contributed by atoms with Crippen molar-refractivity contribution in [2.75, 3.05) is 26.9 Å². The van der Waals surface area contributed by atoms with E-state index in [4.69, 9.17) is 24.4 Å². The van der Waals surface area contributed by atoms with E-state index in [1.54, 1.807) is 18.4 Å². The van der Waals surface area contributed by atoms with Crippen molar-refractivity contribution in [2.24, 2.45) is 0 Å². The van der Waals surface area contributed by atoms with Gasteiger partial charge in [0.05, 0.1) is 42.9 Å². The summed E-state index contributed by atoms with van der Waals surface area (Å²) in [4.78, 5) is 15.9. The predicted molar refractivity (Wildman–Crippen MR) is 150 cm³/mol. The second-order valence-corrected chi connectivity index (χ2v) is 11.4. The molecular formula is C29H33N5O4S. The highest BCUT2D eigenvalue weighted by Gasteiger charge is 2.39. The number of ether oxygens (including phenoxy) is 3. The first-order chi connectivity index (χ1) is 18.7. The summed E-state index contributed by atoms with van der Waals surface area (Å²) < 4.78 is 21.7. The fraction of sp³-hybridized carbons (Fsp3) is 0.414. The summed E-state index contributed by atoms with van der Waals surface area (Å²) in [6, 6.07) is 6.05. The lowest BCUT2D eigenvalue weighted by Gasteiger charge is -2.41. The summed E-state index contributed by atoms with van der Waals surface area (Å²) in [5, 5.41) is 13.7. The van der Waals surface area contributed by atoms with Crippen molar-refractivity contribution < 1.29 is 19.0 Å². The SMILES string of the molecule is CCn1nc(C)c(-c2cc3c(cc2OC)OCc2c(C(=O)N4CCOCC4(C)C)nn(-c4ccsc4)c2-3)c1C. The molecule has 1 saturated heterocycles. The van der Waals surface area contributed by atoms with Gasteiger partial charge in [-0.05, 0) is 52.1 Å². The third-order valence-electron chi connectivity index (χ3n) is 7.71. The monoisotopic (exact) mass is 547 g/mol. The van der Waals surface area contributed by atoms with Gasteiger partial charge in [-0.25, -0.2) is 4.68 Å². The Morgan fingerprint density at radius 3 is 2.69 bits per heavy atom. The van der Waals surface area contributed by atoms with Gasteiger partial charge in [-0.15, -0.1) is 0 Å². The lowest BCUT2D eigenvalue weighted by Crippen LogP contribution is -2.55. The zero-order chi connectivity index (χ0) is 27.5. The number of amides is 1. The minimum atomic E-state index is -0.434. The number of methoxy groups -OCH3 is 1. The van der Waals surface area contributed by atoms with Crippen LogP contribution in [-0.2, 0) is 17.9 Å². The number of carbonyl (C=O) groups is 1. The maximum atomic E-state index is 14.0. The first-order valence-electron chi connectivity index (χ1n) is 13.2. The van der Waals surface area contributed by atoms with Crippen molar-refractivity contribution in [3.63, 3.8) is 0 Å². The summed E-state index contributed by atoms with van der Waals surface area (Å²) in [7, 11) is 1.67. The lowest BCUT2D eigenvalue weighted by molar-refractivity contribution is -0.0374. The van der Waals surface area contributed by atoms with E-state index in [1.807, 2.05) is 57.9 Å². The van der Waals surface area contributed by atoms with Crippen molar-refractivity contribution in [3.05, 3.63) is 51.6 Å². The molecule has 0 radical (unpaired) electrons. The molecule has 1 amide bonds. The molecule has 10 heteroatoms. The van der Waals surface area contributed by atoms with Crippen molar-refractivity contribution in [1.29, 1.82) is 0 Å². The van der Waals surface area contributed by atoms with Crippen LogP contribution in [0, 0.1) is 13.8 Å². The van der Waals surface area contributed by atoms with Gasteiger partial charge in [-0.1, -0.05) is 0 Å². The standard InChI is InChI=1S/C29H33N5O4S/c1-7-33-18(3)25(17(2)30-33)20-12-21-24(13-23(20)36-6)38-14-22-26(28(35)32-9-10-37-16-29(32,4)5)31-34(27(21)22)19-8-11-39-15-19/h8,11-13,15H,7,9-10,14,16H2,1-6H3. The fourth-order valence-electron chi connectivity index (χ4n) is 5.74. The van der Waals surface area contributed by atoms with Crippen LogP contribution in [0.5, 0.6) is 11.5 Å². The van der Waals surface area contributed by atoms with E-state index in [1.165, 1.54) is 0 Å². The van der Waals surface area contributed by atoms with Gasteiger partial charge < -0.3 is 19.1 Å². The predicted octanol–water partition coefficient (Wildman–Crippen LogP) is 5.25. The molecule has 0 aliphatic carbocycles. The van der Waals surface area contributed by atoms with E-state index in [-0.39, 0.29) is 12.5 Å². The topological polar surface area (TPSA) is 83.6 Å². The molecule has 4 aromatic rings. The Hall–Kier alpha value is -3.63. The summed E-state index contributed by atoms with van der Waals surface area (Å²) in [5.74, 6) is 1.31. The molecule has 0 saturated carbocycles. The highest BCUT2D eigenvalue weighted by molar-refractivity contribution is 7.08. The number of rotatable bonds is 5. The third-order valence-corrected chi connectivity index (χ3v) is 8.38. The van der Waals surface area contributed by atoms with E-state index in [0.29, 0.717) is 37.0 Å². The normalized spacial score (nSPS) is 16.0. The number of benzene rings is 1. The highest BCUT2D eigenvalue weighted by Crippen LogP contribution is 2.47. The van der Waals surface area contributed by atoms with E-state index in [2.05, 4.69) is 19.9 Å². The number of aryl methyl sites for hydroxylation is 2. The first-order valence-corrected chi connectivity index (χ1v) is 14.1. The summed E-state index contributed by atoms with van der Waals surface area (Å²) in [5.41, 5.74) is 7.39. The van der Waals surface area contributed by atoms with Crippen LogP contribution >= 0.6 is 11.3 Å². The second-order valence-electron chi connectivity index (χ2n) is 10.6. The van der Waals surface area contributed by atoms with Crippen molar-refractivity contribution >= 4 is 17.2 Å². The number of fused-ring (bicyclic) bond motifs is 3. The van der Waals surface area contributed by atoms with Gasteiger partial charge in [0.25, 0.3) is 5.91 Å². The number of morpholine rings is 1. The molecule has 0 atom stereocenters. The van der Waals surface area contributed by atoms with E-state index in [0.717, 1.165) is 51.6 Å². The van der Waals surface area contributed by atoms with Crippen LogP contribution in [-0.4, -0.2) is 62.8 Å². The molecular weight excluding hydrogens is 514 g/mol. The van der Waals surface area contributed by atoms with Crippen molar-refractivity contribution in [1.82, 2.24) is 24.5 Å². The first kappa shape index (κ1) is 25.6. The van der Waals surface area contributed by atoms with Crippen LogP contribution in [0.15, 0.2) is 29.0 Å². The van der Waals surface area contributed by atoms with Gasteiger partial charge in [0.2, 0.25) is 0 Å². The molecule has 0 unspecified atom stereocenters. The van der Waals surface area contributed by atoms with E-state index in [9.17, 15) is 4.79 Å². The molecule has 2 aliphatic heterocycles. The number of carbonyl (C=O) groups excluding carboxylic acids is 1. The molecule has 9 nitrogen and oxygen atoms in total. The molecule has 3 aromatic heterocycles. The van der Waals surface area contributed by atoms with Crippen molar-refractivity contribution in [3.8, 4) is 39.6 Å². The van der Waals surface area contributed by atoms with Gasteiger partial charge in [0.15, 0.2) is 5.69 Å². The van der Waals surface area contributed by atoms with Crippen LogP contribution in [0.4, 0.5) is 0 Å². The average Bonchev–Trinajstić information content (AvgIpc) is 3.65. The molecule has 0 bridgehead atoms. The van der Waals surface area contributed by atoms with Crippen LogP contribution in [0.1, 0.15) is 48.2 Å². The molecule has 204 valence electrons. The quantitative estimate of drug-likeness (QED) is 0.339. The summed E-state index contributed by atoms with van der Waals surface area (Å²) in [6.07, 6.45) is 0. The van der Waals surface area contributed by atoms with Crippen LogP contribution in [0.25, 0.3) is 28.1 Å². The summed E-state index contributed by atoms with van der Waals surface area (Å²) in [6.45, 7) is 12.8. The van der Waals surface area contributed by atoms with E-state index < -0.39 is 5.54 Å². The fourth-order valence-corrected chi connectivity index (χ4v) is 6.35. The maximum Gasteiger partial charge on any atom is 0.275 e. The Labute approximate surface area is 231 Å². The number of aromatic nitrogens is 4.